The molecular weight excluding hydrogens is 338 g/mol. The Kier molecular flexibility index (Phi) is 3.95. The van der Waals surface area contributed by atoms with Crippen LogP contribution in [0.3, 0.4) is 0 Å². The number of amides is 1. The monoisotopic (exact) mass is 359 g/mol. The standard InChI is InChI=1S/C22H21N3O2/c1-14-23-12-16(13-24-14)15-8-9-19-20(10-15)25(21(26)22(19,2)3)17-6-5-7-18(11-17)27-4/h5-13H,1-4H3. The Bertz CT molecular complexity index is 1030. The highest BCUT2D eigenvalue weighted by molar-refractivity contribution is 6.13. The molecule has 2 aromatic carbocycles. The van der Waals surface area contributed by atoms with Crippen LogP contribution >= 0.6 is 0 Å². The van der Waals surface area contributed by atoms with Crippen LogP contribution in [0.1, 0.15) is 25.2 Å². The lowest BCUT2D eigenvalue weighted by atomic mass is 9.85. The Balaban J connectivity index is 1.87. The molecule has 5 nitrogen and oxygen atoms in total. The van der Waals surface area contributed by atoms with Crippen LogP contribution in [0.4, 0.5) is 11.4 Å². The molecule has 0 N–H and O–H groups in total. The number of hydrogen-bond acceptors (Lipinski definition) is 4. The quantitative estimate of drug-likeness (QED) is 0.695. The van der Waals surface area contributed by atoms with E-state index >= 15 is 0 Å². The van der Waals surface area contributed by atoms with Gasteiger partial charge in [-0.1, -0.05) is 18.2 Å². The van der Waals surface area contributed by atoms with Gasteiger partial charge in [-0.05, 0) is 50.1 Å². The zero-order chi connectivity index (χ0) is 19.2. The molecule has 0 radical (unpaired) electrons. The van der Waals surface area contributed by atoms with Crippen molar-refractivity contribution in [1.82, 2.24) is 9.97 Å². The van der Waals surface area contributed by atoms with Gasteiger partial charge in [0, 0.05) is 24.0 Å². The van der Waals surface area contributed by atoms with Gasteiger partial charge in [0.05, 0.1) is 23.9 Å². The molecule has 4 rings (SSSR count). The molecule has 27 heavy (non-hydrogen) atoms. The molecular formula is C22H21N3O2. The van der Waals surface area contributed by atoms with E-state index in [9.17, 15) is 4.79 Å². The number of carbonyl (C=O) groups excluding carboxylic acids is 1. The van der Waals surface area contributed by atoms with Gasteiger partial charge >= 0.3 is 0 Å². The van der Waals surface area contributed by atoms with E-state index in [-0.39, 0.29) is 5.91 Å². The Hall–Kier alpha value is -3.21. The Morgan fingerprint density at radius 3 is 2.44 bits per heavy atom. The summed E-state index contributed by atoms with van der Waals surface area (Å²) in [6, 6.07) is 13.7. The minimum Gasteiger partial charge on any atom is -0.497 e. The molecule has 2 heterocycles. The van der Waals surface area contributed by atoms with Gasteiger partial charge in [-0.25, -0.2) is 9.97 Å². The molecule has 1 aliphatic heterocycles. The summed E-state index contributed by atoms with van der Waals surface area (Å²) in [5.41, 5.74) is 3.99. The Morgan fingerprint density at radius 2 is 1.74 bits per heavy atom. The van der Waals surface area contributed by atoms with E-state index in [4.69, 9.17) is 4.74 Å². The van der Waals surface area contributed by atoms with Crippen molar-refractivity contribution >= 4 is 17.3 Å². The first-order chi connectivity index (χ1) is 12.9. The summed E-state index contributed by atoms with van der Waals surface area (Å²) >= 11 is 0. The topological polar surface area (TPSA) is 55.3 Å². The van der Waals surface area contributed by atoms with E-state index in [1.165, 1.54) is 0 Å². The first-order valence-corrected chi connectivity index (χ1v) is 8.84. The second kappa shape index (κ2) is 6.20. The van der Waals surface area contributed by atoms with Crippen LogP contribution in [0.2, 0.25) is 0 Å². The van der Waals surface area contributed by atoms with Gasteiger partial charge < -0.3 is 4.74 Å². The molecule has 0 saturated carbocycles. The Morgan fingerprint density at radius 1 is 1.00 bits per heavy atom. The van der Waals surface area contributed by atoms with Crippen molar-refractivity contribution in [3.05, 3.63) is 66.2 Å². The van der Waals surface area contributed by atoms with Crippen LogP contribution in [0, 0.1) is 6.92 Å². The number of carbonyl (C=O) groups is 1. The van der Waals surface area contributed by atoms with E-state index in [0.29, 0.717) is 0 Å². The maximum absolute atomic E-state index is 13.2. The lowest BCUT2D eigenvalue weighted by molar-refractivity contribution is -0.121. The van der Waals surface area contributed by atoms with Crippen molar-refractivity contribution in [1.29, 1.82) is 0 Å². The van der Waals surface area contributed by atoms with E-state index in [1.54, 1.807) is 12.0 Å². The van der Waals surface area contributed by atoms with Gasteiger partial charge in [0.25, 0.3) is 0 Å². The fourth-order valence-electron chi connectivity index (χ4n) is 3.48. The van der Waals surface area contributed by atoms with E-state index in [2.05, 4.69) is 9.97 Å². The van der Waals surface area contributed by atoms with Crippen molar-refractivity contribution < 1.29 is 9.53 Å². The molecule has 0 fully saturated rings. The minimum atomic E-state index is -0.597. The zero-order valence-electron chi connectivity index (χ0n) is 15.9. The third-order valence-electron chi connectivity index (χ3n) is 5.08. The van der Waals surface area contributed by atoms with Crippen LogP contribution in [0.25, 0.3) is 11.1 Å². The van der Waals surface area contributed by atoms with Crippen molar-refractivity contribution in [3.8, 4) is 16.9 Å². The number of anilines is 2. The molecule has 3 aromatic rings. The summed E-state index contributed by atoms with van der Waals surface area (Å²) in [5, 5.41) is 0. The van der Waals surface area contributed by atoms with Gasteiger partial charge in [-0.3, -0.25) is 9.69 Å². The van der Waals surface area contributed by atoms with Crippen LogP contribution in [0.5, 0.6) is 5.75 Å². The number of benzene rings is 2. The summed E-state index contributed by atoms with van der Waals surface area (Å²) in [7, 11) is 1.62. The first-order valence-electron chi connectivity index (χ1n) is 8.84. The molecule has 1 amide bonds. The van der Waals surface area contributed by atoms with Crippen molar-refractivity contribution in [2.75, 3.05) is 12.0 Å². The average Bonchev–Trinajstić information content (AvgIpc) is 2.88. The summed E-state index contributed by atoms with van der Waals surface area (Å²) < 4.78 is 5.34. The van der Waals surface area contributed by atoms with Crippen LogP contribution in [0.15, 0.2) is 54.9 Å². The molecule has 0 unspecified atom stereocenters. The van der Waals surface area contributed by atoms with Crippen molar-refractivity contribution in [3.63, 3.8) is 0 Å². The molecule has 5 heteroatoms. The van der Waals surface area contributed by atoms with Crippen LogP contribution in [-0.4, -0.2) is 23.0 Å². The fourth-order valence-corrected chi connectivity index (χ4v) is 3.48. The number of hydrogen-bond donors (Lipinski definition) is 0. The van der Waals surface area contributed by atoms with Gasteiger partial charge in [-0.15, -0.1) is 0 Å². The maximum atomic E-state index is 13.2. The normalized spacial score (nSPS) is 15.0. The van der Waals surface area contributed by atoms with Gasteiger partial charge in [0.1, 0.15) is 11.6 Å². The second-order valence-electron chi connectivity index (χ2n) is 7.22. The summed E-state index contributed by atoms with van der Waals surface area (Å²) in [6.45, 7) is 5.78. The van der Waals surface area contributed by atoms with E-state index < -0.39 is 5.41 Å². The molecule has 136 valence electrons. The maximum Gasteiger partial charge on any atom is 0.241 e. The fraction of sp³-hybridized carbons (Fsp3) is 0.227. The molecule has 1 aliphatic rings. The first kappa shape index (κ1) is 17.2. The number of aryl methyl sites for hydroxylation is 1. The zero-order valence-corrected chi connectivity index (χ0v) is 15.9. The Labute approximate surface area is 158 Å². The number of nitrogens with zero attached hydrogens (tertiary/aromatic N) is 3. The number of methoxy groups -OCH3 is 1. The predicted molar refractivity (Wildman–Crippen MR) is 105 cm³/mol. The highest BCUT2D eigenvalue weighted by Gasteiger charge is 2.44. The van der Waals surface area contributed by atoms with Gasteiger partial charge in [0.15, 0.2) is 0 Å². The molecule has 0 atom stereocenters. The van der Waals surface area contributed by atoms with Crippen molar-refractivity contribution in [2.45, 2.75) is 26.2 Å². The third-order valence-corrected chi connectivity index (χ3v) is 5.08. The molecule has 0 aliphatic carbocycles. The lowest BCUT2D eigenvalue weighted by Crippen LogP contribution is -2.33. The number of fused-ring (bicyclic) bond motifs is 1. The van der Waals surface area contributed by atoms with E-state index in [1.807, 2.05) is 75.6 Å². The smallest absolute Gasteiger partial charge is 0.241 e. The highest BCUT2D eigenvalue weighted by Crippen LogP contribution is 2.47. The molecule has 0 spiro atoms. The number of rotatable bonds is 3. The lowest BCUT2D eigenvalue weighted by Gasteiger charge is -2.21. The average molecular weight is 359 g/mol. The summed E-state index contributed by atoms with van der Waals surface area (Å²) in [4.78, 5) is 23.6. The highest BCUT2D eigenvalue weighted by atomic mass is 16.5. The second-order valence-corrected chi connectivity index (χ2v) is 7.22. The van der Waals surface area contributed by atoms with Crippen LogP contribution in [-0.2, 0) is 10.2 Å². The molecule has 1 aromatic heterocycles. The number of ether oxygens (including phenoxy) is 1. The predicted octanol–water partition coefficient (Wildman–Crippen LogP) is 4.42. The third kappa shape index (κ3) is 2.76. The van der Waals surface area contributed by atoms with E-state index in [0.717, 1.165) is 39.6 Å². The molecule has 0 saturated heterocycles. The van der Waals surface area contributed by atoms with Crippen LogP contribution < -0.4 is 9.64 Å². The molecule has 0 bridgehead atoms. The SMILES string of the molecule is COc1cccc(N2C(=O)C(C)(C)c3ccc(-c4cnc(C)nc4)cc32)c1. The van der Waals surface area contributed by atoms with Crippen molar-refractivity contribution in [2.24, 2.45) is 0 Å². The summed E-state index contributed by atoms with van der Waals surface area (Å²) in [6.07, 6.45) is 3.61. The summed E-state index contributed by atoms with van der Waals surface area (Å²) in [5.74, 6) is 1.49. The van der Waals surface area contributed by atoms with Gasteiger partial charge in [-0.2, -0.15) is 0 Å². The largest absolute Gasteiger partial charge is 0.497 e. The number of aromatic nitrogens is 2. The minimum absolute atomic E-state index is 0.0445. The van der Waals surface area contributed by atoms with Gasteiger partial charge in [0.2, 0.25) is 5.91 Å².